The van der Waals surface area contributed by atoms with Gasteiger partial charge in [0.25, 0.3) is 0 Å². The van der Waals surface area contributed by atoms with Crippen LogP contribution in [0.25, 0.3) is 0 Å². The normalized spacial score (nSPS) is 14.4. The molecule has 0 amide bonds. The highest BCUT2D eigenvalue weighted by molar-refractivity contribution is 4.70. The lowest BCUT2D eigenvalue weighted by Crippen LogP contribution is -2.23. The Bertz CT molecular complexity index is 132. The van der Waals surface area contributed by atoms with Crippen molar-refractivity contribution in [1.29, 1.82) is 0 Å². The quantitative estimate of drug-likeness (QED) is 0.613. The van der Waals surface area contributed by atoms with Crippen LogP contribution in [0.5, 0.6) is 0 Å². The van der Waals surface area contributed by atoms with Crippen molar-refractivity contribution in [2.24, 2.45) is 11.3 Å². The predicted molar refractivity (Wildman–Crippen MR) is 60.4 cm³/mol. The first-order valence-electron chi connectivity index (χ1n) is 5.70. The third-order valence-corrected chi connectivity index (χ3v) is 2.35. The zero-order valence-electron chi connectivity index (χ0n) is 10.2. The SMILES string of the molecule is CCCCOCC(C)(C)CC(C)CO. The largest absolute Gasteiger partial charge is 0.396 e. The Labute approximate surface area is 88.7 Å². The minimum Gasteiger partial charge on any atom is -0.396 e. The summed E-state index contributed by atoms with van der Waals surface area (Å²) in [7, 11) is 0. The van der Waals surface area contributed by atoms with Gasteiger partial charge in [0.2, 0.25) is 0 Å². The van der Waals surface area contributed by atoms with E-state index in [4.69, 9.17) is 9.84 Å². The standard InChI is InChI=1S/C12H26O2/c1-5-6-7-14-10-12(3,4)8-11(2)9-13/h11,13H,5-10H2,1-4H3. The van der Waals surface area contributed by atoms with Crippen LogP contribution in [0.4, 0.5) is 0 Å². The second-order valence-electron chi connectivity index (χ2n) is 5.06. The van der Waals surface area contributed by atoms with Crippen molar-refractivity contribution in [3.05, 3.63) is 0 Å². The summed E-state index contributed by atoms with van der Waals surface area (Å²) in [6.45, 7) is 10.6. The molecule has 0 aromatic carbocycles. The van der Waals surface area contributed by atoms with E-state index in [0.717, 1.165) is 26.1 Å². The lowest BCUT2D eigenvalue weighted by molar-refractivity contribution is 0.0427. The molecule has 0 saturated heterocycles. The van der Waals surface area contributed by atoms with Crippen molar-refractivity contribution in [2.75, 3.05) is 19.8 Å². The molecule has 0 spiro atoms. The van der Waals surface area contributed by atoms with Gasteiger partial charge < -0.3 is 9.84 Å². The molecule has 0 saturated carbocycles. The average Bonchev–Trinajstić information content (AvgIpc) is 2.12. The molecule has 0 rings (SSSR count). The van der Waals surface area contributed by atoms with Crippen molar-refractivity contribution < 1.29 is 9.84 Å². The molecule has 0 radical (unpaired) electrons. The Morgan fingerprint density at radius 3 is 2.50 bits per heavy atom. The van der Waals surface area contributed by atoms with Crippen LogP contribution in [-0.4, -0.2) is 24.9 Å². The second kappa shape index (κ2) is 7.24. The first-order chi connectivity index (χ1) is 6.52. The minimum atomic E-state index is 0.190. The second-order valence-corrected chi connectivity index (χ2v) is 5.06. The summed E-state index contributed by atoms with van der Waals surface area (Å²) in [5.74, 6) is 0.375. The molecule has 2 nitrogen and oxygen atoms in total. The number of aliphatic hydroxyl groups excluding tert-OH is 1. The predicted octanol–water partition coefficient (Wildman–Crippen LogP) is 2.85. The molecule has 0 aromatic rings. The first-order valence-corrected chi connectivity index (χ1v) is 5.70. The topological polar surface area (TPSA) is 29.5 Å². The highest BCUT2D eigenvalue weighted by Crippen LogP contribution is 2.25. The summed E-state index contributed by atoms with van der Waals surface area (Å²) in [6, 6.07) is 0. The Kier molecular flexibility index (Phi) is 7.20. The van der Waals surface area contributed by atoms with Crippen molar-refractivity contribution in [3.8, 4) is 0 Å². The lowest BCUT2D eigenvalue weighted by Gasteiger charge is -2.27. The molecule has 2 heteroatoms. The maximum absolute atomic E-state index is 8.97. The molecule has 0 aliphatic rings. The van der Waals surface area contributed by atoms with Crippen molar-refractivity contribution >= 4 is 0 Å². The Morgan fingerprint density at radius 1 is 1.36 bits per heavy atom. The van der Waals surface area contributed by atoms with Gasteiger partial charge in [0.1, 0.15) is 0 Å². The van der Waals surface area contributed by atoms with Gasteiger partial charge in [0.05, 0.1) is 6.61 Å². The third kappa shape index (κ3) is 7.34. The molecule has 1 unspecified atom stereocenters. The van der Waals surface area contributed by atoms with E-state index in [0.29, 0.717) is 5.92 Å². The van der Waals surface area contributed by atoms with E-state index in [2.05, 4.69) is 27.7 Å². The smallest absolute Gasteiger partial charge is 0.0517 e. The zero-order chi connectivity index (χ0) is 11.0. The summed E-state index contributed by atoms with van der Waals surface area (Å²) in [6.07, 6.45) is 3.36. The first kappa shape index (κ1) is 13.9. The van der Waals surface area contributed by atoms with Crippen molar-refractivity contribution in [3.63, 3.8) is 0 Å². The van der Waals surface area contributed by atoms with Crippen LogP contribution in [0.3, 0.4) is 0 Å². The number of rotatable bonds is 8. The molecule has 0 aromatic heterocycles. The van der Waals surface area contributed by atoms with Crippen LogP contribution in [0.2, 0.25) is 0 Å². The van der Waals surface area contributed by atoms with E-state index in [1.165, 1.54) is 6.42 Å². The van der Waals surface area contributed by atoms with Crippen LogP contribution < -0.4 is 0 Å². The highest BCUT2D eigenvalue weighted by atomic mass is 16.5. The van der Waals surface area contributed by atoms with Gasteiger partial charge in [-0.2, -0.15) is 0 Å². The monoisotopic (exact) mass is 202 g/mol. The maximum Gasteiger partial charge on any atom is 0.0517 e. The fourth-order valence-corrected chi connectivity index (χ4v) is 1.66. The number of unbranched alkanes of at least 4 members (excludes halogenated alkanes) is 1. The van der Waals surface area contributed by atoms with Crippen LogP contribution >= 0.6 is 0 Å². The minimum absolute atomic E-state index is 0.190. The zero-order valence-corrected chi connectivity index (χ0v) is 10.2. The summed E-state index contributed by atoms with van der Waals surface area (Å²) in [5.41, 5.74) is 0.190. The summed E-state index contributed by atoms with van der Waals surface area (Å²) >= 11 is 0. The Balaban J connectivity index is 3.60. The molecule has 1 atom stereocenters. The van der Waals surface area contributed by atoms with E-state index in [9.17, 15) is 0 Å². The summed E-state index contributed by atoms with van der Waals surface area (Å²) in [5, 5.41) is 8.97. The van der Waals surface area contributed by atoms with Crippen LogP contribution in [0, 0.1) is 11.3 Å². The van der Waals surface area contributed by atoms with E-state index in [1.54, 1.807) is 0 Å². The van der Waals surface area contributed by atoms with E-state index >= 15 is 0 Å². The van der Waals surface area contributed by atoms with Gasteiger partial charge in [-0.15, -0.1) is 0 Å². The van der Waals surface area contributed by atoms with Crippen molar-refractivity contribution in [2.45, 2.75) is 47.0 Å². The fraction of sp³-hybridized carbons (Fsp3) is 1.00. The lowest BCUT2D eigenvalue weighted by atomic mass is 9.84. The highest BCUT2D eigenvalue weighted by Gasteiger charge is 2.20. The van der Waals surface area contributed by atoms with E-state index in [-0.39, 0.29) is 12.0 Å². The number of ether oxygens (including phenoxy) is 1. The van der Waals surface area contributed by atoms with E-state index in [1.807, 2.05) is 0 Å². The molecule has 0 heterocycles. The number of aliphatic hydroxyl groups is 1. The molecule has 0 fully saturated rings. The summed E-state index contributed by atoms with van der Waals surface area (Å²) in [4.78, 5) is 0. The number of hydrogen-bond donors (Lipinski definition) is 1. The molecule has 0 aliphatic heterocycles. The molecule has 0 bridgehead atoms. The van der Waals surface area contributed by atoms with Gasteiger partial charge in [-0.25, -0.2) is 0 Å². The Hall–Kier alpha value is -0.0800. The molecular formula is C12H26O2. The molecule has 0 aliphatic carbocycles. The maximum atomic E-state index is 8.97. The molecule has 1 N–H and O–H groups in total. The van der Waals surface area contributed by atoms with Gasteiger partial charge in [0.15, 0.2) is 0 Å². The van der Waals surface area contributed by atoms with Gasteiger partial charge in [-0.05, 0) is 24.2 Å². The average molecular weight is 202 g/mol. The third-order valence-electron chi connectivity index (χ3n) is 2.35. The van der Waals surface area contributed by atoms with Crippen LogP contribution in [0.15, 0.2) is 0 Å². The Morgan fingerprint density at radius 2 is 2.00 bits per heavy atom. The number of hydrogen-bond acceptors (Lipinski definition) is 2. The van der Waals surface area contributed by atoms with Crippen molar-refractivity contribution in [1.82, 2.24) is 0 Å². The molecule has 86 valence electrons. The van der Waals surface area contributed by atoms with Gasteiger partial charge in [0, 0.05) is 13.2 Å². The fourth-order valence-electron chi connectivity index (χ4n) is 1.66. The van der Waals surface area contributed by atoms with Gasteiger partial charge in [-0.1, -0.05) is 34.1 Å². The van der Waals surface area contributed by atoms with Crippen LogP contribution in [-0.2, 0) is 4.74 Å². The van der Waals surface area contributed by atoms with Crippen LogP contribution in [0.1, 0.15) is 47.0 Å². The van der Waals surface area contributed by atoms with E-state index < -0.39 is 0 Å². The van der Waals surface area contributed by atoms with Gasteiger partial charge >= 0.3 is 0 Å². The molecule has 14 heavy (non-hydrogen) atoms. The summed E-state index contributed by atoms with van der Waals surface area (Å²) < 4.78 is 5.60. The van der Waals surface area contributed by atoms with Gasteiger partial charge in [-0.3, -0.25) is 0 Å². The molecular weight excluding hydrogens is 176 g/mol.